The molecule has 0 heterocycles. The maximum Gasteiger partial charge on any atom is 0.200 e. The first-order valence-corrected chi connectivity index (χ1v) is 6.33. The number of carbonyl (C=O) groups excluding carboxylic acids is 1. The van der Waals surface area contributed by atoms with Gasteiger partial charge in [-0.2, -0.15) is 0 Å². The van der Waals surface area contributed by atoms with Gasteiger partial charge in [0.05, 0.1) is 12.1 Å². The lowest BCUT2D eigenvalue weighted by Gasteiger charge is -2.07. The zero-order valence-corrected chi connectivity index (χ0v) is 11.8. The zero-order valence-electron chi connectivity index (χ0n) is 11.0. The molecule has 0 bridgehead atoms. The second-order valence-electron chi connectivity index (χ2n) is 4.17. The number of hydrogen-bond donors (Lipinski definition) is 0. The molecule has 0 spiro atoms. The molecule has 21 heavy (non-hydrogen) atoms. The lowest BCUT2D eigenvalue weighted by atomic mass is 10.1. The fraction of sp³-hybridized carbons (Fsp3) is 0.133. The Morgan fingerprint density at radius 2 is 1.81 bits per heavy atom. The normalized spacial score (nSPS) is 10.3. The van der Waals surface area contributed by atoms with Gasteiger partial charge in [-0.25, -0.2) is 8.78 Å². The number of Topliss-reactive ketones (excluding diaryl/α,β-unsaturated/α-hetero) is 1. The van der Waals surface area contributed by atoms with E-state index in [1.165, 1.54) is 19.2 Å². The Bertz CT molecular complexity index is 654. The van der Waals surface area contributed by atoms with Crippen LogP contribution < -0.4 is 9.47 Å². The molecule has 0 saturated heterocycles. The fourth-order valence-corrected chi connectivity index (χ4v) is 1.94. The van der Waals surface area contributed by atoms with Gasteiger partial charge in [0.25, 0.3) is 0 Å². The molecule has 2 aromatic rings. The molecule has 0 aromatic heterocycles. The highest BCUT2D eigenvalue weighted by molar-refractivity contribution is 6.32. The number of ketones is 1. The van der Waals surface area contributed by atoms with E-state index in [9.17, 15) is 13.6 Å². The third-order valence-corrected chi connectivity index (χ3v) is 2.98. The first kappa shape index (κ1) is 15.3. The molecule has 6 heteroatoms. The lowest BCUT2D eigenvalue weighted by Crippen LogP contribution is -2.11. The first-order chi connectivity index (χ1) is 9.99. The molecule has 0 amide bonds. The van der Waals surface area contributed by atoms with Crippen molar-refractivity contribution in [2.75, 3.05) is 13.7 Å². The Labute approximate surface area is 125 Å². The Kier molecular flexibility index (Phi) is 4.75. The zero-order chi connectivity index (χ0) is 15.4. The highest BCUT2D eigenvalue weighted by Crippen LogP contribution is 2.25. The van der Waals surface area contributed by atoms with Gasteiger partial charge in [-0.1, -0.05) is 11.6 Å². The first-order valence-electron chi connectivity index (χ1n) is 5.95. The minimum Gasteiger partial charge on any atom is -0.495 e. The molecule has 0 atom stereocenters. The molecule has 0 unspecified atom stereocenters. The van der Waals surface area contributed by atoms with Crippen molar-refractivity contribution in [1.29, 1.82) is 0 Å². The summed E-state index contributed by atoms with van der Waals surface area (Å²) in [4.78, 5) is 11.9. The summed E-state index contributed by atoms with van der Waals surface area (Å²) in [5.41, 5.74) is 0.317. The van der Waals surface area contributed by atoms with Crippen molar-refractivity contribution in [3.05, 3.63) is 58.6 Å². The SMILES string of the molecule is COc1ccc(C(=O)COc2cc(F)cc(F)c2)cc1Cl. The molecule has 0 aliphatic heterocycles. The third kappa shape index (κ3) is 3.92. The van der Waals surface area contributed by atoms with Crippen molar-refractivity contribution in [1.82, 2.24) is 0 Å². The van der Waals surface area contributed by atoms with Gasteiger partial charge in [0, 0.05) is 23.8 Å². The van der Waals surface area contributed by atoms with Crippen molar-refractivity contribution in [2.45, 2.75) is 0 Å². The summed E-state index contributed by atoms with van der Waals surface area (Å²) in [5.74, 6) is -1.53. The summed E-state index contributed by atoms with van der Waals surface area (Å²) in [6, 6.07) is 7.24. The Morgan fingerprint density at radius 3 is 2.38 bits per heavy atom. The summed E-state index contributed by atoms with van der Waals surface area (Å²) < 4.78 is 36.0. The van der Waals surface area contributed by atoms with E-state index in [-0.39, 0.29) is 18.1 Å². The van der Waals surface area contributed by atoms with E-state index in [0.29, 0.717) is 16.3 Å². The van der Waals surface area contributed by atoms with Crippen molar-refractivity contribution < 1.29 is 23.0 Å². The van der Waals surface area contributed by atoms with Crippen molar-refractivity contribution in [3.63, 3.8) is 0 Å². The van der Waals surface area contributed by atoms with Crippen LogP contribution in [0.4, 0.5) is 8.78 Å². The van der Waals surface area contributed by atoms with Gasteiger partial charge in [-0.05, 0) is 18.2 Å². The lowest BCUT2D eigenvalue weighted by molar-refractivity contribution is 0.0921. The van der Waals surface area contributed by atoms with E-state index in [1.54, 1.807) is 6.07 Å². The van der Waals surface area contributed by atoms with Gasteiger partial charge in [0.1, 0.15) is 23.1 Å². The van der Waals surface area contributed by atoms with Crippen LogP contribution >= 0.6 is 11.6 Å². The van der Waals surface area contributed by atoms with Crippen LogP contribution in [0.2, 0.25) is 5.02 Å². The minimum absolute atomic E-state index is 0.0551. The maximum atomic E-state index is 13.0. The molecule has 2 aromatic carbocycles. The number of benzene rings is 2. The van der Waals surface area contributed by atoms with Crippen LogP contribution in [-0.4, -0.2) is 19.5 Å². The van der Waals surface area contributed by atoms with E-state index < -0.39 is 11.6 Å². The van der Waals surface area contributed by atoms with E-state index in [2.05, 4.69) is 0 Å². The molecule has 0 fully saturated rings. The third-order valence-electron chi connectivity index (χ3n) is 2.68. The highest BCUT2D eigenvalue weighted by Gasteiger charge is 2.11. The van der Waals surface area contributed by atoms with Gasteiger partial charge in [-0.3, -0.25) is 4.79 Å². The second kappa shape index (κ2) is 6.54. The molecule has 3 nitrogen and oxygen atoms in total. The fourth-order valence-electron chi connectivity index (χ4n) is 1.68. The van der Waals surface area contributed by atoms with Gasteiger partial charge in [0.15, 0.2) is 12.4 Å². The molecule has 0 aliphatic rings. The van der Waals surface area contributed by atoms with E-state index in [0.717, 1.165) is 18.2 Å². The van der Waals surface area contributed by atoms with Gasteiger partial charge in [-0.15, -0.1) is 0 Å². The highest BCUT2D eigenvalue weighted by atomic mass is 35.5. The Balaban J connectivity index is 2.06. The van der Waals surface area contributed by atoms with E-state index in [4.69, 9.17) is 21.1 Å². The summed E-state index contributed by atoms with van der Waals surface area (Å²) in [7, 11) is 1.46. The molecular formula is C15H11ClF2O3. The van der Waals surface area contributed by atoms with Crippen LogP contribution in [0.1, 0.15) is 10.4 Å². The summed E-state index contributed by atoms with van der Waals surface area (Å²) in [6.07, 6.45) is 0. The van der Waals surface area contributed by atoms with Crippen molar-refractivity contribution in [3.8, 4) is 11.5 Å². The molecule has 110 valence electrons. The average Bonchev–Trinajstić information content (AvgIpc) is 2.43. The number of halogens is 3. The standard InChI is InChI=1S/C15H11ClF2O3/c1-20-15-3-2-9(4-13(15)16)14(19)8-21-12-6-10(17)5-11(18)7-12/h2-7H,8H2,1H3. The summed E-state index contributed by atoms with van der Waals surface area (Å²) in [6.45, 7) is -0.356. The topological polar surface area (TPSA) is 35.5 Å². The van der Waals surface area contributed by atoms with Crippen molar-refractivity contribution >= 4 is 17.4 Å². The van der Waals surface area contributed by atoms with Gasteiger partial charge >= 0.3 is 0 Å². The predicted molar refractivity (Wildman–Crippen MR) is 74.2 cm³/mol. The molecule has 0 saturated carbocycles. The van der Waals surface area contributed by atoms with Crippen LogP contribution in [0.3, 0.4) is 0 Å². The van der Waals surface area contributed by atoms with Crippen LogP contribution in [0.25, 0.3) is 0 Å². The molecule has 0 radical (unpaired) electrons. The number of rotatable bonds is 5. The average molecular weight is 313 g/mol. The van der Waals surface area contributed by atoms with Crippen LogP contribution in [0.15, 0.2) is 36.4 Å². The number of carbonyl (C=O) groups is 1. The van der Waals surface area contributed by atoms with Crippen LogP contribution in [0.5, 0.6) is 11.5 Å². The van der Waals surface area contributed by atoms with Crippen molar-refractivity contribution in [2.24, 2.45) is 0 Å². The monoisotopic (exact) mass is 312 g/mol. The Hall–Kier alpha value is -2.14. The summed E-state index contributed by atoms with van der Waals surface area (Å²) in [5, 5.41) is 0.292. The number of hydrogen-bond acceptors (Lipinski definition) is 3. The number of methoxy groups -OCH3 is 1. The molecular weight excluding hydrogens is 302 g/mol. The van der Waals surface area contributed by atoms with E-state index in [1.807, 2.05) is 0 Å². The maximum absolute atomic E-state index is 13.0. The minimum atomic E-state index is -0.773. The molecule has 2 rings (SSSR count). The smallest absolute Gasteiger partial charge is 0.200 e. The Morgan fingerprint density at radius 1 is 1.14 bits per heavy atom. The second-order valence-corrected chi connectivity index (χ2v) is 4.57. The van der Waals surface area contributed by atoms with Gasteiger partial charge in [0.2, 0.25) is 0 Å². The van der Waals surface area contributed by atoms with Gasteiger partial charge < -0.3 is 9.47 Å². The summed E-state index contributed by atoms with van der Waals surface area (Å²) >= 11 is 5.92. The predicted octanol–water partition coefficient (Wildman–Crippen LogP) is 3.89. The van der Waals surface area contributed by atoms with Crippen LogP contribution in [0, 0.1) is 11.6 Å². The number of ether oxygens (including phenoxy) is 2. The van der Waals surface area contributed by atoms with E-state index >= 15 is 0 Å². The van der Waals surface area contributed by atoms with Crippen LogP contribution in [-0.2, 0) is 0 Å². The largest absolute Gasteiger partial charge is 0.495 e. The quantitative estimate of drug-likeness (QED) is 0.786. The molecule has 0 N–H and O–H groups in total. The molecule has 0 aliphatic carbocycles.